The lowest BCUT2D eigenvalue weighted by atomic mass is 10.0. The number of halogens is 8. The Morgan fingerprint density at radius 3 is 1.98 bits per heavy atom. The Labute approximate surface area is 290 Å². The van der Waals surface area contributed by atoms with Gasteiger partial charge in [-0.1, -0.05) is 12.1 Å². The largest absolute Gasteiger partial charge is 0.573 e. The van der Waals surface area contributed by atoms with E-state index in [4.69, 9.17) is 0 Å². The molecule has 4 heterocycles. The standard InChI is InChI=1S/C32H26F8N8O5/c1-13(15-3-5-17(18(33)9-15)31(35,36)37)47-28-26(20(11-49)45-47)30(52)44-24(43-28)8-6-22(16-4-7-23(19(34)10-16)53-32(38,39)40)48-27-25(21(12-50)46-48)29(51)42-14(2)41-27/h3-5,7,9-10,13,22,49-50H,6,8,11-12H2,1-2H3,(H,41,42,51)(H,43,44,52). The predicted molar refractivity (Wildman–Crippen MR) is 168 cm³/mol. The van der Waals surface area contributed by atoms with Gasteiger partial charge in [-0.3, -0.25) is 9.59 Å². The summed E-state index contributed by atoms with van der Waals surface area (Å²) in [6.07, 6.45) is -10.5. The average molecular weight is 755 g/mol. The van der Waals surface area contributed by atoms with E-state index in [2.05, 4.69) is 34.9 Å². The first kappa shape index (κ1) is 37.1. The Bertz CT molecular complexity index is 2470. The lowest BCUT2D eigenvalue weighted by Crippen LogP contribution is -2.20. The Hall–Kier alpha value is -5.70. The van der Waals surface area contributed by atoms with E-state index in [-0.39, 0.29) is 69.1 Å². The minimum Gasteiger partial charge on any atom is -0.403 e. The highest BCUT2D eigenvalue weighted by atomic mass is 19.4. The summed E-state index contributed by atoms with van der Waals surface area (Å²) >= 11 is 0. The van der Waals surface area contributed by atoms with Gasteiger partial charge in [-0.25, -0.2) is 28.1 Å². The molecule has 0 aliphatic rings. The molecule has 13 nitrogen and oxygen atoms in total. The summed E-state index contributed by atoms with van der Waals surface area (Å²) in [5.74, 6) is -3.97. The van der Waals surface area contributed by atoms with Gasteiger partial charge in [0.25, 0.3) is 11.1 Å². The first-order valence-electron chi connectivity index (χ1n) is 15.5. The van der Waals surface area contributed by atoms with Crippen molar-refractivity contribution in [2.24, 2.45) is 0 Å². The number of aromatic amines is 2. The molecule has 0 bridgehead atoms. The van der Waals surface area contributed by atoms with Crippen LogP contribution in [0.1, 0.15) is 65.2 Å². The van der Waals surface area contributed by atoms with Crippen LogP contribution in [0.15, 0.2) is 46.0 Å². The molecule has 53 heavy (non-hydrogen) atoms. The number of alkyl halides is 6. The van der Waals surface area contributed by atoms with E-state index in [1.807, 2.05) is 0 Å². The fourth-order valence-electron chi connectivity index (χ4n) is 6.01. The number of nitrogens with zero attached hydrogens (tertiary/aromatic N) is 6. The minimum absolute atomic E-state index is 0.0136. The van der Waals surface area contributed by atoms with Crippen LogP contribution >= 0.6 is 0 Å². The molecule has 0 fully saturated rings. The first-order valence-corrected chi connectivity index (χ1v) is 15.5. The Balaban J connectivity index is 1.44. The second-order valence-corrected chi connectivity index (χ2v) is 11.9. The monoisotopic (exact) mass is 754 g/mol. The average Bonchev–Trinajstić information content (AvgIpc) is 3.63. The van der Waals surface area contributed by atoms with Crippen molar-refractivity contribution in [2.45, 2.75) is 64.5 Å². The van der Waals surface area contributed by atoms with Crippen molar-refractivity contribution in [3.63, 3.8) is 0 Å². The van der Waals surface area contributed by atoms with Gasteiger partial charge in [-0.15, -0.1) is 13.2 Å². The van der Waals surface area contributed by atoms with Crippen molar-refractivity contribution in [1.82, 2.24) is 39.5 Å². The number of aromatic nitrogens is 8. The zero-order chi connectivity index (χ0) is 38.6. The van der Waals surface area contributed by atoms with E-state index in [1.165, 1.54) is 18.5 Å². The van der Waals surface area contributed by atoms with Crippen LogP contribution in [0.3, 0.4) is 0 Å². The second-order valence-electron chi connectivity index (χ2n) is 11.9. The zero-order valence-corrected chi connectivity index (χ0v) is 27.3. The van der Waals surface area contributed by atoms with Crippen molar-refractivity contribution in [3.05, 3.63) is 108 Å². The molecule has 0 saturated heterocycles. The maximum absolute atomic E-state index is 15.0. The molecule has 4 aromatic heterocycles. The molecule has 280 valence electrons. The van der Waals surface area contributed by atoms with Crippen LogP contribution in [-0.2, 0) is 25.8 Å². The molecule has 21 heteroatoms. The van der Waals surface area contributed by atoms with E-state index >= 15 is 4.39 Å². The Kier molecular flexibility index (Phi) is 9.58. The summed E-state index contributed by atoms with van der Waals surface area (Å²) in [7, 11) is 0. The van der Waals surface area contributed by atoms with Crippen molar-refractivity contribution in [2.75, 3.05) is 0 Å². The number of rotatable bonds is 10. The van der Waals surface area contributed by atoms with Crippen LogP contribution in [0, 0.1) is 18.6 Å². The van der Waals surface area contributed by atoms with E-state index in [9.17, 15) is 50.5 Å². The van der Waals surface area contributed by atoms with Gasteiger partial charge in [0.2, 0.25) is 0 Å². The number of hydrogen-bond donors (Lipinski definition) is 4. The Morgan fingerprint density at radius 2 is 1.40 bits per heavy atom. The predicted octanol–water partition coefficient (Wildman–Crippen LogP) is 4.87. The van der Waals surface area contributed by atoms with Gasteiger partial charge in [-0.2, -0.15) is 23.4 Å². The lowest BCUT2D eigenvalue weighted by Gasteiger charge is -2.20. The van der Waals surface area contributed by atoms with E-state index in [0.29, 0.717) is 12.1 Å². The maximum atomic E-state index is 15.0. The molecule has 6 aromatic rings. The van der Waals surface area contributed by atoms with E-state index in [1.54, 1.807) is 0 Å². The summed E-state index contributed by atoms with van der Waals surface area (Å²) in [6.45, 7) is 1.45. The Morgan fingerprint density at radius 1 is 0.811 bits per heavy atom. The van der Waals surface area contributed by atoms with Crippen LogP contribution in [0.5, 0.6) is 5.75 Å². The number of hydrogen-bond acceptors (Lipinski definition) is 9. The fourth-order valence-corrected chi connectivity index (χ4v) is 6.01. The van der Waals surface area contributed by atoms with Gasteiger partial charge in [0.1, 0.15) is 39.6 Å². The topological polar surface area (TPSA) is 177 Å². The number of nitrogens with one attached hydrogen (secondary N) is 2. The molecule has 6 rings (SSSR count). The molecule has 0 saturated carbocycles. The number of H-pyrrole nitrogens is 2. The number of fused-ring (bicyclic) bond motifs is 2. The van der Waals surface area contributed by atoms with E-state index in [0.717, 1.165) is 28.9 Å². The highest BCUT2D eigenvalue weighted by molar-refractivity contribution is 5.78. The summed E-state index contributed by atoms with van der Waals surface area (Å²) in [4.78, 5) is 40.0. The smallest absolute Gasteiger partial charge is 0.403 e. The fraction of sp³-hybridized carbons (Fsp3) is 0.312. The normalized spacial score (nSPS) is 13.6. The SMILES string of the molecule is Cc1nc2c(c(CO)nn2C(CCc2nc3c(c(CO)nn3C(C)c3ccc(C(F)(F)F)c(F)c3)c(=O)[nH]2)c2ccc(OC(F)(F)F)c(F)c2)c(=O)[nH]1. The third-order valence-corrected chi connectivity index (χ3v) is 8.40. The highest BCUT2D eigenvalue weighted by Gasteiger charge is 2.35. The zero-order valence-electron chi connectivity index (χ0n) is 27.3. The molecule has 4 N–H and O–H groups in total. The molecule has 2 unspecified atom stereocenters. The number of aliphatic hydroxyl groups is 2. The van der Waals surface area contributed by atoms with Gasteiger partial charge < -0.3 is 24.9 Å². The van der Waals surface area contributed by atoms with E-state index < -0.39 is 71.9 Å². The number of aliphatic hydroxyl groups excluding tert-OH is 2. The van der Waals surface area contributed by atoms with Crippen LogP contribution < -0.4 is 15.9 Å². The van der Waals surface area contributed by atoms with Crippen LogP contribution in [0.2, 0.25) is 0 Å². The molecule has 0 amide bonds. The number of aryl methyl sites for hydroxylation is 2. The first-order chi connectivity index (χ1) is 24.9. The molecule has 0 spiro atoms. The molecule has 0 aliphatic heterocycles. The van der Waals surface area contributed by atoms with Crippen molar-refractivity contribution >= 4 is 22.1 Å². The minimum atomic E-state index is -5.20. The van der Waals surface area contributed by atoms with Gasteiger partial charge in [-0.05, 0) is 55.7 Å². The number of benzene rings is 2. The van der Waals surface area contributed by atoms with Crippen LogP contribution in [-0.4, -0.2) is 56.1 Å². The van der Waals surface area contributed by atoms with Crippen molar-refractivity contribution < 1.29 is 50.1 Å². The van der Waals surface area contributed by atoms with Gasteiger partial charge in [0, 0.05) is 6.42 Å². The number of ether oxygens (including phenoxy) is 1. The third kappa shape index (κ3) is 7.20. The quantitative estimate of drug-likeness (QED) is 0.142. The molecular weight excluding hydrogens is 728 g/mol. The molecule has 0 radical (unpaired) electrons. The van der Waals surface area contributed by atoms with Crippen LogP contribution in [0.4, 0.5) is 35.1 Å². The summed E-state index contributed by atoms with van der Waals surface area (Å²) in [5.41, 5.74) is -3.33. The maximum Gasteiger partial charge on any atom is 0.573 e. The molecular formula is C32H26F8N8O5. The van der Waals surface area contributed by atoms with Gasteiger partial charge >= 0.3 is 12.5 Å². The summed E-state index contributed by atoms with van der Waals surface area (Å²) < 4.78 is 114. The summed E-state index contributed by atoms with van der Waals surface area (Å²) in [5, 5.41) is 28.2. The van der Waals surface area contributed by atoms with Crippen molar-refractivity contribution in [3.8, 4) is 5.75 Å². The third-order valence-electron chi connectivity index (χ3n) is 8.40. The highest BCUT2D eigenvalue weighted by Crippen LogP contribution is 2.35. The van der Waals surface area contributed by atoms with Gasteiger partial charge in [0.15, 0.2) is 22.9 Å². The summed E-state index contributed by atoms with van der Waals surface area (Å²) in [6, 6.07) is 2.72. The van der Waals surface area contributed by atoms with Crippen molar-refractivity contribution in [1.29, 1.82) is 0 Å². The lowest BCUT2D eigenvalue weighted by molar-refractivity contribution is -0.275. The van der Waals surface area contributed by atoms with Gasteiger partial charge in [0.05, 0.1) is 30.9 Å². The molecule has 0 aliphatic carbocycles. The van der Waals surface area contributed by atoms with Crippen LogP contribution in [0.25, 0.3) is 22.1 Å². The molecule has 2 atom stereocenters. The molecule has 2 aromatic carbocycles. The second kappa shape index (κ2) is 13.7.